The van der Waals surface area contributed by atoms with Gasteiger partial charge in [0.25, 0.3) is 0 Å². The van der Waals surface area contributed by atoms with Crippen LogP contribution in [0.2, 0.25) is 0 Å². The fourth-order valence-corrected chi connectivity index (χ4v) is 1.26. The van der Waals surface area contributed by atoms with E-state index < -0.39 is 23.4 Å². The van der Waals surface area contributed by atoms with Crippen LogP contribution in [-0.4, -0.2) is 55.1 Å². The van der Waals surface area contributed by atoms with Gasteiger partial charge in [0, 0.05) is 13.1 Å². The first-order valence-electron chi connectivity index (χ1n) is 7.01. The van der Waals surface area contributed by atoms with E-state index in [0.29, 0.717) is 19.8 Å². The van der Waals surface area contributed by atoms with Crippen molar-refractivity contribution in [3.8, 4) is 0 Å². The third-order valence-electron chi connectivity index (χ3n) is 2.05. The molecule has 0 fully saturated rings. The maximum atomic E-state index is 11.5. The van der Waals surface area contributed by atoms with Crippen molar-refractivity contribution < 1.29 is 19.1 Å². The zero-order valence-electron chi connectivity index (χ0n) is 14.2. The lowest BCUT2D eigenvalue weighted by molar-refractivity contribution is 0.0479. The topological polar surface area (TPSA) is 79.9 Å². The maximum Gasteiger partial charge on any atom is 0.408 e. The van der Waals surface area contributed by atoms with E-state index in [1.807, 2.05) is 32.7 Å². The number of carbonyl (C=O) groups is 2. The van der Waals surface area contributed by atoms with E-state index in [1.165, 1.54) is 0 Å². The lowest BCUT2D eigenvalue weighted by Gasteiger charge is -2.23. The molecule has 2 amide bonds. The number of carbonyl (C=O) groups excluding carboxylic acids is 2. The van der Waals surface area contributed by atoms with Crippen molar-refractivity contribution in [2.45, 2.75) is 52.7 Å². The van der Waals surface area contributed by atoms with E-state index in [2.05, 4.69) is 10.6 Å². The van der Waals surface area contributed by atoms with Crippen molar-refractivity contribution in [2.75, 3.05) is 26.8 Å². The van der Waals surface area contributed by atoms with Crippen molar-refractivity contribution in [3.63, 3.8) is 0 Å². The SMILES string of the molecule is CN(CCNC(=O)OC(C)(C)C)CNC(=O)OC(C)(C)C. The molecule has 0 aliphatic rings. The summed E-state index contributed by atoms with van der Waals surface area (Å²) in [6, 6.07) is 0. The lowest BCUT2D eigenvalue weighted by Crippen LogP contribution is -2.42. The van der Waals surface area contributed by atoms with Crippen molar-refractivity contribution in [2.24, 2.45) is 0 Å². The van der Waals surface area contributed by atoms with E-state index in [9.17, 15) is 9.59 Å². The van der Waals surface area contributed by atoms with Gasteiger partial charge in [-0.3, -0.25) is 4.90 Å². The largest absolute Gasteiger partial charge is 0.444 e. The van der Waals surface area contributed by atoms with Crippen molar-refractivity contribution in [1.29, 1.82) is 0 Å². The average Bonchev–Trinajstić information content (AvgIpc) is 2.21. The third-order valence-corrected chi connectivity index (χ3v) is 2.05. The smallest absolute Gasteiger partial charge is 0.408 e. The average molecular weight is 303 g/mol. The standard InChI is InChI=1S/C14H29N3O4/c1-13(2,3)20-11(18)15-8-9-17(7)10-16-12(19)21-14(4,5)6/h8-10H2,1-7H3,(H,15,18)(H,16,19). The van der Waals surface area contributed by atoms with Crippen LogP contribution in [0, 0.1) is 0 Å². The number of amides is 2. The van der Waals surface area contributed by atoms with Gasteiger partial charge in [-0.1, -0.05) is 0 Å². The number of nitrogens with one attached hydrogen (secondary N) is 2. The molecule has 0 heterocycles. The zero-order chi connectivity index (χ0) is 16.7. The molecule has 7 heteroatoms. The Labute approximate surface area is 127 Å². The van der Waals surface area contributed by atoms with Crippen LogP contribution in [0.4, 0.5) is 9.59 Å². The second-order valence-electron chi connectivity index (χ2n) is 6.85. The fourth-order valence-electron chi connectivity index (χ4n) is 1.26. The van der Waals surface area contributed by atoms with Crippen molar-refractivity contribution in [3.05, 3.63) is 0 Å². The number of hydrogen-bond acceptors (Lipinski definition) is 5. The van der Waals surface area contributed by atoms with Gasteiger partial charge in [-0.25, -0.2) is 9.59 Å². The molecule has 0 aliphatic heterocycles. The molecule has 0 unspecified atom stereocenters. The molecule has 0 saturated carbocycles. The van der Waals surface area contributed by atoms with Crippen LogP contribution in [0.1, 0.15) is 41.5 Å². The van der Waals surface area contributed by atoms with Gasteiger partial charge in [0.1, 0.15) is 11.2 Å². The molecule has 0 aromatic carbocycles. The summed E-state index contributed by atoms with van der Waals surface area (Å²) in [5, 5.41) is 5.29. The van der Waals surface area contributed by atoms with Crippen molar-refractivity contribution in [1.82, 2.24) is 15.5 Å². The highest BCUT2D eigenvalue weighted by atomic mass is 16.6. The van der Waals surface area contributed by atoms with Gasteiger partial charge in [0.2, 0.25) is 0 Å². The minimum absolute atomic E-state index is 0.338. The van der Waals surface area contributed by atoms with Gasteiger partial charge < -0.3 is 20.1 Å². The van der Waals surface area contributed by atoms with Crippen LogP contribution in [0.15, 0.2) is 0 Å². The van der Waals surface area contributed by atoms with Crippen LogP contribution >= 0.6 is 0 Å². The predicted molar refractivity (Wildman–Crippen MR) is 81.1 cm³/mol. The molecule has 0 bridgehead atoms. The molecule has 0 aromatic rings. The molecule has 2 N–H and O–H groups in total. The van der Waals surface area contributed by atoms with Crippen molar-refractivity contribution >= 4 is 12.2 Å². The molecule has 0 rings (SSSR count). The van der Waals surface area contributed by atoms with Crippen LogP contribution < -0.4 is 10.6 Å². The summed E-state index contributed by atoms with van der Waals surface area (Å²) >= 11 is 0. The third kappa shape index (κ3) is 13.2. The highest BCUT2D eigenvalue weighted by Gasteiger charge is 2.17. The normalized spacial score (nSPS) is 12.0. The molecular weight excluding hydrogens is 274 g/mol. The van der Waals surface area contributed by atoms with Gasteiger partial charge in [-0.2, -0.15) is 0 Å². The number of hydrogen-bond donors (Lipinski definition) is 2. The van der Waals surface area contributed by atoms with Crippen LogP contribution in [0.25, 0.3) is 0 Å². The first-order valence-corrected chi connectivity index (χ1v) is 7.01. The Morgan fingerprint density at radius 3 is 1.76 bits per heavy atom. The molecule has 0 spiro atoms. The molecule has 0 saturated heterocycles. The summed E-state index contributed by atoms with van der Waals surface area (Å²) in [6.45, 7) is 12.2. The number of ether oxygens (including phenoxy) is 2. The van der Waals surface area contributed by atoms with Gasteiger partial charge in [-0.05, 0) is 48.6 Å². The summed E-state index contributed by atoms with van der Waals surface area (Å²) in [4.78, 5) is 24.7. The molecule has 0 aliphatic carbocycles. The van der Waals surface area contributed by atoms with Crippen LogP contribution in [0.5, 0.6) is 0 Å². The Morgan fingerprint density at radius 2 is 1.33 bits per heavy atom. The maximum absolute atomic E-state index is 11.5. The summed E-state index contributed by atoms with van der Waals surface area (Å²) in [5.41, 5.74) is -1.02. The first-order chi connectivity index (χ1) is 9.39. The van der Waals surface area contributed by atoms with Gasteiger partial charge in [-0.15, -0.1) is 0 Å². The summed E-state index contributed by atoms with van der Waals surface area (Å²) in [5.74, 6) is 0. The summed E-state index contributed by atoms with van der Waals surface area (Å²) < 4.78 is 10.2. The second-order valence-corrected chi connectivity index (χ2v) is 6.85. The number of alkyl carbamates (subject to hydrolysis) is 2. The minimum atomic E-state index is -0.513. The lowest BCUT2D eigenvalue weighted by atomic mass is 10.2. The Bertz CT molecular complexity index is 345. The Morgan fingerprint density at radius 1 is 0.905 bits per heavy atom. The fraction of sp³-hybridized carbons (Fsp3) is 0.857. The highest BCUT2D eigenvalue weighted by Crippen LogP contribution is 2.06. The Hall–Kier alpha value is -1.50. The molecule has 7 nitrogen and oxygen atoms in total. The van der Waals surface area contributed by atoms with Gasteiger partial charge >= 0.3 is 12.2 Å². The van der Waals surface area contributed by atoms with E-state index in [1.54, 1.807) is 20.8 Å². The van der Waals surface area contributed by atoms with E-state index in [0.717, 1.165) is 0 Å². The summed E-state index contributed by atoms with van der Waals surface area (Å²) in [7, 11) is 1.83. The number of nitrogens with zero attached hydrogens (tertiary/aromatic N) is 1. The van der Waals surface area contributed by atoms with E-state index in [4.69, 9.17) is 9.47 Å². The van der Waals surface area contributed by atoms with Gasteiger partial charge in [0.15, 0.2) is 0 Å². The van der Waals surface area contributed by atoms with E-state index in [-0.39, 0.29) is 0 Å². The summed E-state index contributed by atoms with van der Waals surface area (Å²) in [6.07, 6.45) is -0.912. The predicted octanol–water partition coefficient (Wildman–Crippen LogP) is 1.93. The molecule has 0 radical (unpaired) electrons. The molecule has 124 valence electrons. The Balaban J connectivity index is 3.79. The van der Waals surface area contributed by atoms with Crippen LogP contribution in [0.3, 0.4) is 0 Å². The van der Waals surface area contributed by atoms with E-state index >= 15 is 0 Å². The monoisotopic (exact) mass is 303 g/mol. The van der Waals surface area contributed by atoms with Gasteiger partial charge in [0.05, 0.1) is 6.67 Å². The molecule has 21 heavy (non-hydrogen) atoms. The Kier molecular flexibility index (Phi) is 7.49. The first kappa shape index (κ1) is 19.5. The minimum Gasteiger partial charge on any atom is -0.444 e. The number of likely N-dealkylation sites (N-methyl/N-ethyl adjacent to an activating group) is 1. The molecule has 0 aromatic heterocycles. The van der Waals surface area contributed by atoms with Crippen LogP contribution in [-0.2, 0) is 9.47 Å². The number of rotatable bonds is 5. The molecule has 0 atom stereocenters. The zero-order valence-corrected chi connectivity index (χ0v) is 14.2. The quantitative estimate of drug-likeness (QED) is 0.759. The highest BCUT2D eigenvalue weighted by molar-refractivity contribution is 5.68. The molecular formula is C14H29N3O4. The second kappa shape index (κ2) is 8.07.